The molecule has 1 aromatic heterocycles. The van der Waals surface area contributed by atoms with E-state index < -0.39 is 29.5 Å². The molecule has 2 bridgehead atoms. The lowest BCUT2D eigenvalue weighted by Gasteiger charge is -2.23. The topological polar surface area (TPSA) is 93.2 Å². The maximum Gasteiger partial charge on any atom is 0.408 e. The molecule has 0 radical (unpaired) electrons. The van der Waals surface area contributed by atoms with Crippen molar-refractivity contribution in [1.82, 2.24) is 15.3 Å². The molecular weight excluding hydrogens is 387 g/mol. The summed E-state index contributed by atoms with van der Waals surface area (Å²) in [7, 11) is 0. The summed E-state index contributed by atoms with van der Waals surface area (Å²) in [6, 6.07) is 5.25. The number of halogens is 1. The molecule has 0 saturated heterocycles. The number of alkyl carbamates (subject to hydrolysis) is 1. The van der Waals surface area contributed by atoms with Crippen LogP contribution in [0.1, 0.15) is 45.9 Å². The summed E-state index contributed by atoms with van der Waals surface area (Å²) in [5, 5.41) is 5.65. The van der Waals surface area contributed by atoms with Gasteiger partial charge in [-0.05, 0) is 51.5 Å². The van der Waals surface area contributed by atoms with Crippen molar-refractivity contribution in [1.29, 1.82) is 0 Å². The number of benzene rings is 1. The third kappa shape index (κ3) is 5.40. The molecule has 1 aliphatic heterocycles. The highest BCUT2D eigenvalue weighted by atomic mass is 19.1. The summed E-state index contributed by atoms with van der Waals surface area (Å²) >= 11 is 0. The van der Waals surface area contributed by atoms with Gasteiger partial charge in [0, 0.05) is 5.56 Å². The summed E-state index contributed by atoms with van der Waals surface area (Å²) in [6.07, 6.45) is 4.74. The number of aromatic nitrogens is 2. The van der Waals surface area contributed by atoms with Gasteiger partial charge in [0.25, 0.3) is 0 Å². The van der Waals surface area contributed by atoms with Crippen LogP contribution in [-0.4, -0.2) is 27.6 Å². The SMILES string of the molecule is C[C@@H]1C=CCC(NC(=O)OC(C)(C)C)c2cc(ncn2)-c2cc(F)ccc2NC1=O. The van der Waals surface area contributed by atoms with Crippen molar-refractivity contribution in [3.8, 4) is 11.3 Å². The van der Waals surface area contributed by atoms with Crippen LogP contribution in [0.3, 0.4) is 0 Å². The van der Waals surface area contributed by atoms with Crippen LogP contribution < -0.4 is 10.6 Å². The number of carbonyl (C=O) groups excluding carboxylic acids is 2. The number of fused-ring (bicyclic) bond motifs is 4. The van der Waals surface area contributed by atoms with E-state index in [9.17, 15) is 14.0 Å². The van der Waals surface area contributed by atoms with Crippen LogP contribution in [0.4, 0.5) is 14.9 Å². The molecule has 0 fully saturated rings. The standard InChI is InChI=1S/C22H25FN4O3/c1-13-6-5-7-17(27-21(29)30-22(2,3)4)19-11-18(24-12-25-19)15-10-14(23)8-9-16(15)26-20(13)28/h5-6,8-13,17H,7H2,1-4H3,(H,26,28)(H,27,29)/t13-,17?/m1/s1. The molecule has 30 heavy (non-hydrogen) atoms. The van der Waals surface area contributed by atoms with Gasteiger partial charge in [-0.3, -0.25) is 4.79 Å². The Hall–Kier alpha value is -3.29. The van der Waals surface area contributed by atoms with Gasteiger partial charge in [0.2, 0.25) is 5.91 Å². The Morgan fingerprint density at radius 2 is 2.03 bits per heavy atom. The second kappa shape index (κ2) is 8.61. The Bertz CT molecular complexity index is 985. The highest BCUT2D eigenvalue weighted by Crippen LogP contribution is 2.30. The maximum atomic E-state index is 14.0. The molecule has 2 amide bonds. The average molecular weight is 412 g/mol. The third-order valence-corrected chi connectivity index (χ3v) is 4.46. The number of anilines is 1. The molecule has 1 unspecified atom stereocenters. The fourth-order valence-electron chi connectivity index (χ4n) is 3.00. The fraction of sp³-hybridized carbons (Fsp3) is 0.364. The van der Waals surface area contributed by atoms with E-state index >= 15 is 0 Å². The summed E-state index contributed by atoms with van der Waals surface area (Å²) in [5.74, 6) is -1.11. The minimum Gasteiger partial charge on any atom is -0.444 e. The molecule has 7 nitrogen and oxygen atoms in total. The lowest BCUT2D eigenvalue weighted by Crippen LogP contribution is -2.35. The van der Waals surface area contributed by atoms with Crippen LogP contribution in [0.25, 0.3) is 11.3 Å². The van der Waals surface area contributed by atoms with Gasteiger partial charge >= 0.3 is 6.09 Å². The lowest BCUT2D eigenvalue weighted by atomic mass is 10.0. The van der Waals surface area contributed by atoms with Crippen LogP contribution in [-0.2, 0) is 9.53 Å². The van der Waals surface area contributed by atoms with Gasteiger partial charge in [0.05, 0.1) is 29.0 Å². The third-order valence-electron chi connectivity index (χ3n) is 4.46. The lowest BCUT2D eigenvalue weighted by molar-refractivity contribution is -0.118. The van der Waals surface area contributed by atoms with Gasteiger partial charge in [-0.2, -0.15) is 0 Å². The van der Waals surface area contributed by atoms with E-state index in [0.717, 1.165) is 0 Å². The number of rotatable bonds is 1. The second-order valence-corrected chi connectivity index (χ2v) is 8.16. The quantitative estimate of drug-likeness (QED) is 0.678. The van der Waals surface area contributed by atoms with Crippen molar-refractivity contribution < 1.29 is 18.7 Å². The average Bonchev–Trinajstić information content (AvgIpc) is 2.66. The molecule has 0 spiro atoms. The zero-order chi connectivity index (χ0) is 21.9. The van der Waals surface area contributed by atoms with Gasteiger partial charge < -0.3 is 15.4 Å². The monoisotopic (exact) mass is 412 g/mol. The molecule has 1 aliphatic rings. The Balaban J connectivity index is 2.04. The number of ether oxygens (including phenoxy) is 1. The summed E-state index contributed by atoms with van der Waals surface area (Å²) in [4.78, 5) is 33.4. The maximum absolute atomic E-state index is 14.0. The zero-order valence-corrected chi connectivity index (χ0v) is 17.4. The van der Waals surface area contributed by atoms with Crippen LogP contribution >= 0.6 is 0 Å². The van der Waals surface area contributed by atoms with Crippen LogP contribution in [0.15, 0.2) is 42.7 Å². The summed E-state index contributed by atoms with van der Waals surface area (Å²) in [5.41, 5.74) is 1.21. The van der Waals surface area contributed by atoms with Crippen LogP contribution in [0.5, 0.6) is 0 Å². The fourth-order valence-corrected chi connectivity index (χ4v) is 3.00. The number of nitrogens with one attached hydrogen (secondary N) is 2. The normalized spacial score (nSPS) is 19.0. The van der Waals surface area contributed by atoms with Crippen molar-refractivity contribution >= 4 is 17.7 Å². The van der Waals surface area contributed by atoms with Crippen molar-refractivity contribution in [3.63, 3.8) is 0 Å². The first-order valence-corrected chi connectivity index (χ1v) is 9.71. The van der Waals surface area contributed by atoms with Gasteiger partial charge in [-0.15, -0.1) is 0 Å². The van der Waals surface area contributed by atoms with Crippen molar-refractivity contribution in [2.75, 3.05) is 5.32 Å². The van der Waals surface area contributed by atoms with Crippen LogP contribution in [0.2, 0.25) is 0 Å². The van der Waals surface area contributed by atoms with E-state index in [1.807, 2.05) is 6.08 Å². The minimum atomic E-state index is -0.648. The molecule has 2 N–H and O–H groups in total. The van der Waals surface area contributed by atoms with Gasteiger partial charge in [0.15, 0.2) is 0 Å². The summed E-state index contributed by atoms with van der Waals surface area (Å²) < 4.78 is 19.3. The first-order chi connectivity index (χ1) is 14.1. The molecule has 158 valence electrons. The van der Waals surface area contributed by atoms with Crippen molar-refractivity contribution in [2.45, 2.75) is 45.8 Å². The molecule has 1 aromatic carbocycles. The van der Waals surface area contributed by atoms with Gasteiger partial charge in [-0.1, -0.05) is 19.1 Å². The van der Waals surface area contributed by atoms with E-state index in [0.29, 0.717) is 29.1 Å². The number of hydrogen-bond acceptors (Lipinski definition) is 5. The molecule has 0 saturated carbocycles. The van der Waals surface area contributed by atoms with E-state index in [-0.39, 0.29) is 5.91 Å². The largest absolute Gasteiger partial charge is 0.444 e. The number of nitrogens with zero attached hydrogens (tertiary/aromatic N) is 2. The minimum absolute atomic E-state index is 0.231. The molecule has 3 rings (SSSR count). The predicted molar refractivity (Wildman–Crippen MR) is 111 cm³/mol. The molecule has 2 heterocycles. The highest BCUT2D eigenvalue weighted by molar-refractivity contribution is 5.97. The van der Waals surface area contributed by atoms with Crippen molar-refractivity contribution in [2.24, 2.45) is 5.92 Å². The van der Waals surface area contributed by atoms with Crippen LogP contribution in [0, 0.1) is 11.7 Å². The second-order valence-electron chi connectivity index (χ2n) is 8.16. The molecule has 2 atom stereocenters. The zero-order valence-electron chi connectivity index (χ0n) is 17.4. The number of carbonyl (C=O) groups is 2. The number of amides is 2. The van der Waals surface area contributed by atoms with E-state index in [1.165, 1.54) is 24.5 Å². The smallest absolute Gasteiger partial charge is 0.408 e. The molecule has 0 aliphatic carbocycles. The van der Waals surface area contributed by atoms with E-state index in [2.05, 4.69) is 20.6 Å². The molecule has 2 aromatic rings. The van der Waals surface area contributed by atoms with Gasteiger partial charge in [0.1, 0.15) is 17.7 Å². The first kappa shape index (κ1) is 21.4. The molecule has 8 heteroatoms. The Morgan fingerprint density at radius 1 is 1.27 bits per heavy atom. The Morgan fingerprint density at radius 3 is 2.77 bits per heavy atom. The highest BCUT2D eigenvalue weighted by Gasteiger charge is 2.23. The number of hydrogen-bond donors (Lipinski definition) is 2. The first-order valence-electron chi connectivity index (χ1n) is 9.71. The van der Waals surface area contributed by atoms with E-state index in [4.69, 9.17) is 4.74 Å². The Labute approximate surface area is 174 Å². The van der Waals surface area contributed by atoms with Gasteiger partial charge in [-0.25, -0.2) is 19.2 Å². The summed E-state index contributed by atoms with van der Waals surface area (Å²) in [6.45, 7) is 7.10. The van der Waals surface area contributed by atoms with E-state index in [1.54, 1.807) is 39.8 Å². The predicted octanol–water partition coefficient (Wildman–Crippen LogP) is 4.38. The Kier molecular flexibility index (Phi) is 6.14. The van der Waals surface area contributed by atoms with Crippen molar-refractivity contribution in [3.05, 3.63) is 54.3 Å². The molecular formula is C22H25FN4O3.